The number of halogens is 2. The number of hydrogen-bond donors (Lipinski definition) is 0. The van der Waals surface area contributed by atoms with Crippen molar-refractivity contribution in [1.82, 2.24) is 4.90 Å². The number of benzene rings is 2. The Kier molecular flexibility index (Phi) is 5.11. The van der Waals surface area contributed by atoms with Crippen LogP contribution < -0.4 is 4.90 Å². The zero-order chi connectivity index (χ0) is 18.0. The third-order valence-corrected chi connectivity index (χ3v) is 4.88. The maximum absolute atomic E-state index is 12.6. The molecule has 1 saturated heterocycles. The zero-order valence-electron chi connectivity index (χ0n) is 13.2. The minimum Gasteiger partial charge on any atom is -0.368 e. The number of nitrogens with zero attached hydrogens (tertiary/aromatic N) is 3. The van der Waals surface area contributed by atoms with Crippen molar-refractivity contribution in [2.24, 2.45) is 0 Å². The van der Waals surface area contributed by atoms with Crippen LogP contribution in [-0.2, 0) is 0 Å². The van der Waals surface area contributed by atoms with Gasteiger partial charge in [0, 0.05) is 49.6 Å². The molecule has 3 rings (SSSR count). The van der Waals surface area contributed by atoms with Gasteiger partial charge in [-0.05, 0) is 24.3 Å². The molecular formula is C17H15Cl2N3O3. The van der Waals surface area contributed by atoms with E-state index in [9.17, 15) is 14.9 Å². The van der Waals surface area contributed by atoms with Crippen molar-refractivity contribution < 1.29 is 9.72 Å². The summed E-state index contributed by atoms with van der Waals surface area (Å²) < 4.78 is 0. The van der Waals surface area contributed by atoms with E-state index < -0.39 is 4.92 Å². The van der Waals surface area contributed by atoms with Crippen molar-refractivity contribution in [3.63, 3.8) is 0 Å². The highest BCUT2D eigenvalue weighted by molar-refractivity contribution is 6.42. The second-order valence-corrected chi connectivity index (χ2v) is 6.50. The lowest BCUT2D eigenvalue weighted by atomic mass is 10.1. The zero-order valence-corrected chi connectivity index (χ0v) is 14.7. The van der Waals surface area contributed by atoms with Crippen molar-refractivity contribution in [2.75, 3.05) is 31.1 Å². The molecule has 0 bridgehead atoms. The fraction of sp³-hybridized carbons (Fsp3) is 0.235. The van der Waals surface area contributed by atoms with E-state index in [4.69, 9.17) is 23.2 Å². The average Bonchev–Trinajstić information content (AvgIpc) is 2.63. The average molecular weight is 380 g/mol. The summed E-state index contributed by atoms with van der Waals surface area (Å²) in [6, 6.07) is 11.3. The molecule has 1 fully saturated rings. The lowest BCUT2D eigenvalue weighted by Gasteiger charge is -2.36. The maximum atomic E-state index is 12.6. The van der Waals surface area contributed by atoms with Gasteiger partial charge in [0.25, 0.3) is 11.6 Å². The van der Waals surface area contributed by atoms with Crippen LogP contribution in [0, 0.1) is 10.1 Å². The molecule has 25 heavy (non-hydrogen) atoms. The number of nitro benzene ring substituents is 1. The normalized spacial score (nSPS) is 14.5. The highest BCUT2D eigenvalue weighted by Gasteiger charge is 2.23. The Bertz CT molecular complexity index is 821. The Labute approximate surface area is 154 Å². The fourth-order valence-corrected chi connectivity index (χ4v) is 3.08. The summed E-state index contributed by atoms with van der Waals surface area (Å²) in [7, 11) is 0. The lowest BCUT2D eigenvalue weighted by molar-refractivity contribution is -0.384. The Balaban J connectivity index is 1.67. The molecule has 0 N–H and O–H groups in total. The Morgan fingerprint density at radius 3 is 2.36 bits per heavy atom. The molecular weight excluding hydrogens is 365 g/mol. The number of piperazine rings is 1. The SMILES string of the molecule is O=C(c1cccc([N+](=O)[O-])c1)N1CCN(c2ccc(Cl)c(Cl)c2)CC1. The fourth-order valence-electron chi connectivity index (χ4n) is 2.78. The highest BCUT2D eigenvalue weighted by Crippen LogP contribution is 2.28. The van der Waals surface area contributed by atoms with Gasteiger partial charge in [-0.2, -0.15) is 0 Å². The summed E-state index contributed by atoms with van der Waals surface area (Å²) in [6.45, 7) is 2.36. The second-order valence-electron chi connectivity index (χ2n) is 5.69. The van der Waals surface area contributed by atoms with Crippen LogP contribution in [0.5, 0.6) is 0 Å². The molecule has 8 heteroatoms. The minimum absolute atomic E-state index is 0.0831. The van der Waals surface area contributed by atoms with Gasteiger partial charge in [0.15, 0.2) is 0 Å². The molecule has 130 valence electrons. The third kappa shape index (κ3) is 3.86. The summed E-state index contributed by atoms with van der Waals surface area (Å²) >= 11 is 12.0. The first kappa shape index (κ1) is 17.5. The van der Waals surface area contributed by atoms with E-state index in [1.165, 1.54) is 18.2 Å². The van der Waals surface area contributed by atoms with Gasteiger partial charge < -0.3 is 9.80 Å². The number of nitro groups is 1. The van der Waals surface area contributed by atoms with E-state index in [-0.39, 0.29) is 11.6 Å². The van der Waals surface area contributed by atoms with E-state index in [1.54, 1.807) is 17.0 Å². The Morgan fingerprint density at radius 2 is 1.72 bits per heavy atom. The molecule has 0 atom stereocenters. The summed E-state index contributed by atoms with van der Waals surface area (Å²) in [5.74, 6) is -0.197. The number of anilines is 1. The first-order valence-corrected chi connectivity index (χ1v) is 8.45. The maximum Gasteiger partial charge on any atom is 0.270 e. The van der Waals surface area contributed by atoms with Crippen LogP contribution in [0.1, 0.15) is 10.4 Å². The smallest absolute Gasteiger partial charge is 0.270 e. The summed E-state index contributed by atoms with van der Waals surface area (Å²) in [5, 5.41) is 11.9. The van der Waals surface area contributed by atoms with Crippen molar-refractivity contribution in [2.45, 2.75) is 0 Å². The molecule has 1 heterocycles. The monoisotopic (exact) mass is 379 g/mol. The van der Waals surface area contributed by atoms with Gasteiger partial charge in [-0.3, -0.25) is 14.9 Å². The van der Waals surface area contributed by atoms with E-state index >= 15 is 0 Å². The van der Waals surface area contributed by atoms with Gasteiger partial charge in [0.1, 0.15) is 0 Å². The molecule has 0 spiro atoms. The third-order valence-electron chi connectivity index (χ3n) is 4.14. The van der Waals surface area contributed by atoms with Crippen LogP contribution in [0.4, 0.5) is 11.4 Å². The molecule has 2 aromatic carbocycles. The van der Waals surface area contributed by atoms with Gasteiger partial charge in [0.2, 0.25) is 0 Å². The molecule has 1 aliphatic heterocycles. The summed E-state index contributed by atoms with van der Waals surface area (Å²) in [5.41, 5.74) is 1.20. The number of non-ortho nitro benzene ring substituents is 1. The van der Waals surface area contributed by atoms with Crippen LogP contribution in [0.15, 0.2) is 42.5 Å². The quantitative estimate of drug-likeness (QED) is 0.599. The topological polar surface area (TPSA) is 66.7 Å². The molecule has 0 radical (unpaired) electrons. The Hall–Kier alpha value is -2.31. The Morgan fingerprint density at radius 1 is 1.00 bits per heavy atom. The van der Waals surface area contributed by atoms with E-state index in [0.717, 1.165) is 5.69 Å². The van der Waals surface area contributed by atoms with E-state index in [0.29, 0.717) is 41.8 Å². The van der Waals surface area contributed by atoms with Gasteiger partial charge in [-0.25, -0.2) is 0 Å². The van der Waals surface area contributed by atoms with Crippen LogP contribution in [0.2, 0.25) is 10.0 Å². The number of rotatable bonds is 3. The molecule has 0 unspecified atom stereocenters. The van der Waals surface area contributed by atoms with Gasteiger partial charge in [-0.15, -0.1) is 0 Å². The lowest BCUT2D eigenvalue weighted by Crippen LogP contribution is -2.48. The van der Waals surface area contributed by atoms with Crippen LogP contribution in [-0.4, -0.2) is 41.9 Å². The van der Waals surface area contributed by atoms with E-state index in [1.807, 2.05) is 12.1 Å². The predicted octanol–water partition coefficient (Wildman–Crippen LogP) is 3.86. The molecule has 0 saturated carbocycles. The standard InChI is InChI=1S/C17H15Cl2N3O3/c18-15-5-4-13(11-16(15)19)20-6-8-21(9-7-20)17(23)12-2-1-3-14(10-12)22(24)25/h1-5,10-11H,6-9H2. The number of carbonyl (C=O) groups is 1. The summed E-state index contributed by atoms with van der Waals surface area (Å²) in [6.07, 6.45) is 0. The first-order chi connectivity index (χ1) is 12.0. The minimum atomic E-state index is -0.501. The van der Waals surface area contributed by atoms with Crippen molar-refractivity contribution in [1.29, 1.82) is 0 Å². The molecule has 2 aromatic rings. The molecule has 6 nitrogen and oxygen atoms in total. The molecule has 1 amide bonds. The van der Waals surface area contributed by atoms with Crippen LogP contribution in [0.25, 0.3) is 0 Å². The number of hydrogen-bond acceptors (Lipinski definition) is 4. The summed E-state index contributed by atoms with van der Waals surface area (Å²) in [4.78, 5) is 26.7. The van der Waals surface area contributed by atoms with Crippen LogP contribution >= 0.6 is 23.2 Å². The predicted molar refractivity (Wildman–Crippen MR) is 97.7 cm³/mol. The van der Waals surface area contributed by atoms with Crippen molar-refractivity contribution >= 4 is 40.5 Å². The first-order valence-electron chi connectivity index (χ1n) is 7.69. The van der Waals surface area contributed by atoms with Gasteiger partial charge in [-0.1, -0.05) is 29.3 Å². The molecule has 1 aliphatic rings. The van der Waals surface area contributed by atoms with Gasteiger partial charge in [0.05, 0.1) is 15.0 Å². The molecule has 0 aliphatic carbocycles. The van der Waals surface area contributed by atoms with Gasteiger partial charge >= 0.3 is 0 Å². The highest BCUT2D eigenvalue weighted by atomic mass is 35.5. The van der Waals surface area contributed by atoms with Crippen molar-refractivity contribution in [3.8, 4) is 0 Å². The second kappa shape index (κ2) is 7.29. The van der Waals surface area contributed by atoms with Crippen molar-refractivity contribution in [3.05, 3.63) is 68.2 Å². The van der Waals surface area contributed by atoms with Crippen LogP contribution in [0.3, 0.4) is 0 Å². The number of carbonyl (C=O) groups excluding carboxylic acids is 1. The number of amides is 1. The largest absolute Gasteiger partial charge is 0.368 e. The molecule has 0 aromatic heterocycles. The van der Waals surface area contributed by atoms with E-state index in [2.05, 4.69) is 4.90 Å².